The van der Waals surface area contributed by atoms with E-state index in [4.69, 9.17) is 23.4 Å². The largest absolute Gasteiger partial charge is 0.497 e. The fourth-order valence-electron chi connectivity index (χ4n) is 3.80. The molecular weight excluding hydrogens is 436 g/mol. The molecule has 34 heavy (non-hydrogen) atoms. The van der Waals surface area contributed by atoms with Crippen LogP contribution in [-0.2, 0) is 11.2 Å². The van der Waals surface area contributed by atoms with Gasteiger partial charge in [-0.1, -0.05) is 18.2 Å². The lowest BCUT2D eigenvalue weighted by molar-refractivity contribution is -0.133. The number of hydrogen-bond donors (Lipinski definition) is 0. The van der Waals surface area contributed by atoms with E-state index in [0.29, 0.717) is 39.7 Å². The molecule has 0 aliphatic heterocycles. The van der Waals surface area contributed by atoms with Gasteiger partial charge < -0.3 is 23.4 Å². The molecule has 0 amide bonds. The molecule has 0 unspecified atom stereocenters. The van der Waals surface area contributed by atoms with Gasteiger partial charge in [0.15, 0.2) is 11.5 Å². The van der Waals surface area contributed by atoms with Crippen LogP contribution in [0.4, 0.5) is 0 Å². The van der Waals surface area contributed by atoms with Gasteiger partial charge in [-0.05, 0) is 60.0 Å². The molecule has 0 bridgehead atoms. The molecule has 0 radical (unpaired) electrons. The van der Waals surface area contributed by atoms with Crippen LogP contribution in [0.3, 0.4) is 0 Å². The molecule has 0 saturated heterocycles. The van der Waals surface area contributed by atoms with Gasteiger partial charge in [-0.15, -0.1) is 0 Å². The van der Waals surface area contributed by atoms with Crippen molar-refractivity contribution in [1.82, 2.24) is 0 Å². The maximum atomic E-state index is 12.9. The quantitative estimate of drug-likeness (QED) is 0.219. The highest BCUT2D eigenvalue weighted by Gasteiger charge is 2.17. The monoisotopic (exact) mass is 460 g/mol. The highest BCUT2D eigenvalue weighted by atomic mass is 16.5. The van der Waals surface area contributed by atoms with Crippen LogP contribution in [0.25, 0.3) is 22.1 Å². The Morgan fingerprint density at radius 3 is 2.21 bits per heavy atom. The van der Waals surface area contributed by atoms with Crippen LogP contribution < -0.4 is 24.6 Å². The van der Waals surface area contributed by atoms with Gasteiger partial charge in [-0.2, -0.15) is 0 Å². The molecule has 1 heterocycles. The van der Waals surface area contributed by atoms with E-state index >= 15 is 0 Å². The van der Waals surface area contributed by atoms with Gasteiger partial charge in [-0.25, -0.2) is 4.79 Å². The number of hydrogen-bond acceptors (Lipinski definition) is 7. The average molecular weight is 460 g/mol. The fourth-order valence-corrected chi connectivity index (χ4v) is 3.80. The number of aryl methyl sites for hydroxylation is 1. The topological polar surface area (TPSA) is 84.2 Å². The first kappa shape index (κ1) is 22.9. The third-order valence-corrected chi connectivity index (χ3v) is 5.55. The molecule has 0 aliphatic carbocycles. The normalized spacial score (nSPS) is 10.7. The first-order valence-corrected chi connectivity index (χ1v) is 10.6. The van der Waals surface area contributed by atoms with Crippen LogP contribution in [-0.4, -0.2) is 27.3 Å². The van der Waals surface area contributed by atoms with Crippen LogP contribution in [0.2, 0.25) is 0 Å². The summed E-state index contributed by atoms with van der Waals surface area (Å²) in [5, 5.41) is 0.735. The van der Waals surface area contributed by atoms with Crippen LogP contribution in [0.1, 0.15) is 11.1 Å². The van der Waals surface area contributed by atoms with E-state index in [1.54, 1.807) is 74.9 Å². The standard InChI is InChI=1S/C27H24O7/c1-16-21-11-10-20(33-25(28)13-17-5-8-19(30-2)9-6-17)15-23(21)34-27(29)26(16)18-7-12-22(31-3)24(14-18)32-4/h5-12,14-15H,13H2,1-4H3. The van der Waals surface area contributed by atoms with E-state index in [1.165, 1.54) is 7.11 Å². The van der Waals surface area contributed by atoms with Crippen molar-refractivity contribution in [2.75, 3.05) is 21.3 Å². The minimum atomic E-state index is -0.501. The van der Waals surface area contributed by atoms with Gasteiger partial charge in [0, 0.05) is 11.5 Å². The highest BCUT2D eigenvalue weighted by Crippen LogP contribution is 2.34. The van der Waals surface area contributed by atoms with Gasteiger partial charge in [0.2, 0.25) is 0 Å². The van der Waals surface area contributed by atoms with Crippen molar-refractivity contribution in [3.05, 3.63) is 82.2 Å². The second-order valence-electron chi connectivity index (χ2n) is 7.62. The van der Waals surface area contributed by atoms with Crippen molar-refractivity contribution in [2.24, 2.45) is 0 Å². The molecule has 0 atom stereocenters. The van der Waals surface area contributed by atoms with Crippen molar-refractivity contribution in [2.45, 2.75) is 13.3 Å². The Labute approximate surface area is 196 Å². The molecule has 7 heteroatoms. The third kappa shape index (κ3) is 4.59. The van der Waals surface area contributed by atoms with Gasteiger partial charge in [-0.3, -0.25) is 4.79 Å². The molecule has 0 aliphatic rings. The minimum Gasteiger partial charge on any atom is -0.497 e. The second-order valence-corrected chi connectivity index (χ2v) is 7.62. The Hall–Kier alpha value is -4.26. The van der Waals surface area contributed by atoms with Gasteiger partial charge in [0.25, 0.3) is 0 Å². The number of rotatable bonds is 7. The van der Waals surface area contributed by atoms with E-state index in [9.17, 15) is 9.59 Å². The summed E-state index contributed by atoms with van der Waals surface area (Å²) in [5.74, 6) is 1.66. The van der Waals surface area contributed by atoms with E-state index in [0.717, 1.165) is 16.5 Å². The highest BCUT2D eigenvalue weighted by molar-refractivity contribution is 5.88. The first-order valence-electron chi connectivity index (χ1n) is 10.6. The van der Waals surface area contributed by atoms with Crippen molar-refractivity contribution in [3.8, 4) is 34.1 Å². The smallest absolute Gasteiger partial charge is 0.344 e. The van der Waals surface area contributed by atoms with Crippen molar-refractivity contribution >= 4 is 16.9 Å². The van der Waals surface area contributed by atoms with Gasteiger partial charge >= 0.3 is 11.6 Å². The van der Waals surface area contributed by atoms with E-state index in [2.05, 4.69) is 0 Å². The summed E-state index contributed by atoms with van der Waals surface area (Å²) in [5.41, 5.74) is 2.46. The predicted octanol–water partition coefficient (Wildman–Crippen LogP) is 4.94. The number of benzene rings is 3. The maximum absolute atomic E-state index is 12.9. The van der Waals surface area contributed by atoms with Crippen LogP contribution >= 0.6 is 0 Å². The molecule has 0 N–H and O–H groups in total. The lowest BCUT2D eigenvalue weighted by atomic mass is 9.99. The van der Waals surface area contributed by atoms with E-state index in [1.807, 2.05) is 6.92 Å². The molecule has 7 nitrogen and oxygen atoms in total. The summed E-state index contributed by atoms with van der Waals surface area (Å²) in [6.07, 6.45) is 0.100. The Morgan fingerprint density at radius 1 is 0.824 bits per heavy atom. The molecular formula is C27H24O7. The lowest BCUT2D eigenvalue weighted by Gasteiger charge is -2.12. The summed E-state index contributed by atoms with van der Waals surface area (Å²) >= 11 is 0. The zero-order valence-electron chi connectivity index (χ0n) is 19.3. The van der Waals surface area contributed by atoms with Crippen molar-refractivity contribution in [3.63, 3.8) is 0 Å². The lowest BCUT2D eigenvalue weighted by Crippen LogP contribution is -2.11. The third-order valence-electron chi connectivity index (χ3n) is 5.55. The molecule has 174 valence electrons. The maximum Gasteiger partial charge on any atom is 0.344 e. The number of carbonyl (C=O) groups is 1. The van der Waals surface area contributed by atoms with Crippen LogP contribution in [0.15, 0.2) is 69.9 Å². The zero-order valence-corrected chi connectivity index (χ0v) is 19.3. The van der Waals surface area contributed by atoms with Crippen LogP contribution in [0, 0.1) is 6.92 Å². The number of ether oxygens (including phenoxy) is 4. The number of carbonyl (C=O) groups excluding carboxylic acids is 1. The zero-order chi connectivity index (χ0) is 24.2. The summed E-state index contributed by atoms with van der Waals surface area (Å²) in [7, 11) is 4.67. The molecule has 3 aromatic carbocycles. The first-order chi connectivity index (χ1) is 16.4. The molecule has 4 aromatic rings. The van der Waals surface area contributed by atoms with E-state index in [-0.39, 0.29) is 6.42 Å². The number of esters is 1. The minimum absolute atomic E-state index is 0.100. The van der Waals surface area contributed by atoms with Gasteiger partial charge in [0.05, 0.1) is 33.3 Å². The fraction of sp³-hybridized carbons (Fsp3) is 0.185. The van der Waals surface area contributed by atoms with Crippen molar-refractivity contribution in [1.29, 1.82) is 0 Å². The Morgan fingerprint density at radius 2 is 1.53 bits per heavy atom. The molecule has 0 spiro atoms. The molecule has 0 saturated carbocycles. The average Bonchev–Trinajstić information content (AvgIpc) is 2.84. The van der Waals surface area contributed by atoms with Crippen molar-refractivity contribution < 1.29 is 28.2 Å². The second kappa shape index (κ2) is 9.70. The molecule has 1 aromatic heterocycles. The van der Waals surface area contributed by atoms with Gasteiger partial charge in [0.1, 0.15) is 17.1 Å². The number of methoxy groups -OCH3 is 3. The molecule has 0 fully saturated rings. The van der Waals surface area contributed by atoms with E-state index < -0.39 is 11.6 Å². The van der Waals surface area contributed by atoms with Crippen LogP contribution in [0.5, 0.6) is 23.0 Å². The summed E-state index contributed by atoms with van der Waals surface area (Å²) < 4.78 is 26.8. The Bertz CT molecular complexity index is 1400. The summed E-state index contributed by atoms with van der Waals surface area (Å²) in [6, 6.07) is 17.4. The Kier molecular flexibility index (Phi) is 6.54. The molecule has 4 rings (SSSR count). The summed E-state index contributed by atoms with van der Waals surface area (Å²) in [4.78, 5) is 25.3. The number of fused-ring (bicyclic) bond motifs is 1. The Balaban J connectivity index is 1.61. The summed E-state index contributed by atoms with van der Waals surface area (Å²) in [6.45, 7) is 1.85. The SMILES string of the molecule is COc1ccc(CC(=O)Oc2ccc3c(C)c(-c4ccc(OC)c(OC)c4)c(=O)oc3c2)cc1. The predicted molar refractivity (Wildman–Crippen MR) is 128 cm³/mol.